The van der Waals surface area contributed by atoms with Crippen LogP contribution in [0.2, 0.25) is 10.0 Å². The fourth-order valence-electron chi connectivity index (χ4n) is 2.87. The minimum atomic E-state index is -0.898. The first-order valence-corrected chi connectivity index (χ1v) is 10.7. The van der Waals surface area contributed by atoms with Crippen molar-refractivity contribution in [1.29, 1.82) is 0 Å². The van der Waals surface area contributed by atoms with Gasteiger partial charge in [-0.3, -0.25) is 14.9 Å². The average Bonchev–Trinajstić information content (AvgIpc) is 2.73. The van der Waals surface area contributed by atoms with Crippen LogP contribution >= 0.6 is 39.1 Å². The maximum atomic E-state index is 13.1. The summed E-state index contributed by atoms with van der Waals surface area (Å²) in [5.41, 5.74) is 0.354. The van der Waals surface area contributed by atoms with Crippen molar-refractivity contribution in [1.82, 2.24) is 5.32 Å². The highest BCUT2D eigenvalue weighted by molar-refractivity contribution is 9.10. The van der Waals surface area contributed by atoms with E-state index in [4.69, 9.17) is 39.1 Å². The molecule has 0 spiro atoms. The molecule has 3 rings (SSSR count). The molecular formula is C22H15BrCl2N2O5. The Morgan fingerprint density at radius 1 is 1.16 bits per heavy atom. The van der Waals surface area contributed by atoms with Gasteiger partial charge < -0.3 is 9.47 Å². The van der Waals surface area contributed by atoms with Crippen molar-refractivity contribution in [3.63, 3.8) is 0 Å². The van der Waals surface area contributed by atoms with E-state index in [9.17, 15) is 14.4 Å². The summed E-state index contributed by atoms with van der Waals surface area (Å²) in [6.45, 7) is 2.17. The monoisotopic (exact) mass is 536 g/mol. The second-order valence-corrected chi connectivity index (χ2v) is 7.98. The van der Waals surface area contributed by atoms with E-state index in [-0.39, 0.29) is 27.9 Å². The summed E-state index contributed by atoms with van der Waals surface area (Å²) in [6.07, 6.45) is 6.59. The fourth-order valence-corrected chi connectivity index (χ4v) is 3.74. The SMILES string of the molecule is C#CCOc1c(Br)cc(/C=C2\C(=O)NC(=O)N(c3ccc(Cl)c(Cl)c3)C2=O)cc1OCC. The molecule has 32 heavy (non-hydrogen) atoms. The van der Waals surface area contributed by atoms with Crippen molar-refractivity contribution < 1.29 is 23.9 Å². The van der Waals surface area contributed by atoms with E-state index in [2.05, 4.69) is 27.2 Å². The number of rotatable bonds is 6. The number of halogens is 3. The number of hydrogen-bond acceptors (Lipinski definition) is 5. The number of nitrogens with zero attached hydrogens (tertiary/aromatic N) is 1. The molecule has 1 N–H and O–H groups in total. The standard InChI is InChI=1S/C22H15BrCl2N2O5/c1-3-7-32-19-15(23)9-12(10-18(19)31-4-2)8-14-20(28)26-22(30)27(21(14)29)13-5-6-16(24)17(25)11-13/h1,5-6,8-11H,4,7H2,2H3,(H,26,28,30)/b14-8+. The van der Waals surface area contributed by atoms with Gasteiger partial charge in [0.15, 0.2) is 11.5 Å². The van der Waals surface area contributed by atoms with E-state index in [0.29, 0.717) is 28.1 Å². The predicted octanol–water partition coefficient (Wildman–Crippen LogP) is 4.83. The molecule has 2 aromatic rings. The van der Waals surface area contributed by atoms with Gasteiger partial charge in [0.1, 0.15) is 12.2 Å². The molecule has 0 bridgehead atoms. The number of barbiturate groups is 1. The third-order valence-electron chi connectivity index (χ3n) is 4.21. The maximum absolute atomic E-state index is 13.1. The highest BCUT2D eigenvalue weighted by atomic mass is 79.9. The Labute approximate surface area is 202 Å². The van der Waals surface area contributed by atoms with Gasteiger partial charge >= 0.3 is 6.03 Å². The first-order chi connectivity index (χ1) is 15.3. The lowest BCUT2D eigenvalue weighted by Gasteiger charge is -2.26. The molecule has 10 heteroatoms. The molecular weight excluding hydrogens is 523 g/mol. The molecule has 0 aromatic heterocycles. The molecule has 0 saturated carbocycles. The van der Waals surface area contributed by atoms with Gasteiger partial charge in [-0.2, -0.15) is 0 Å². The van der Waals surface area contributed by atoms with Crippen LogP contribution in [0.4, 0.5) is 10.5 Å². The Kier molecular flexibility index (Phi) is 7.46. The first-order valence-electron chi connectivity index (χ1n) is 9.16. The number of terminal acetylenes is 1. The normalized spacial score (nSPS) is 14.9. The summed E-state index contributed by atoms with van der Waals surface area (Å²) in [7, 11) is 0. The molecule has 1 saturated heterocycles. The van der Waals surface area contributed by atoms with Crippen LogP contribution in [0, 0.1) is 12.3 Å². The molecule has 0 atom stereocenters. The second-order valence-electron chi connectivity index (χ2n) is 6.31. The third-order valence-corrected chi connectivity index (χ3v) is 5.53. The van der Waals surface area contributed by atoms with Gasteiger partial charge in [-0.25, -0.2) is 9.69 Å². The van der Waals surface area contributed by atoms with Gasteiger partial charge in [0.2, 0.25) is 0 Å². The molecule has 0 unspecified atom stereocenters. The number of anilines is 1. The van der Waals surface area contributed by atoms with E-state index in [1.807, 2.05) is 0 Å². The number of carbonyl (C=O) groups excluding carboxylic acids is 3. The fraction of sp³-hybridized carbons (Fsp3) is 0.136. The number of nitrogens with one attached hydrogen (secondary N) is 1. The maximum Gasteiger partial charge on any atom is 0.335 e. The van der Waals surface area contributed by atoms with Crippen molar-refractivity contribution in [2.45, 2.75) is 6.92 Å². The molecule has 1 heterocycles. The smallest absolute Gasteiger partial charge is 0.335 e. The highest BCUT2D eigenvalue weighted by Gasteiger charge is 2.37. The van der Waals surface area contributed by atoms with Crippen LogP contribution in [0.3, 0.4) is 0 Å². The minimum Gasteiger partial charge on any atom is -0.490 e. The molecule has 0 aliphatic carbocycles. The number of urea groups is 1. The van der Waals surface area contributed by atoms with Gasteiger partial charge in [0.05, 0.1) is 26.8 Å². The zero-order valence-electron chi connectivity index (χ0n) is 16.6. The highest BCUT2D eigenvalue weighted by Crippen LogP contribution is 2.38. The lowest BCUT2D eigenvalue weighted by atomic mass is 10.1. The minimum absolute atomic E-state index is 0.0285. The largest absolute Gasteiger partial charge is 0.490 e. The Morgan fingerprint density at radius 3 is 2.56 bits per heavy atom. The average molecular weight is 538 g/mol. The molecule has 1 aliphatic rings. The van der Waals surface area contributed by atoms with Crippen molar-refractivity contribution in [2.24, 2.45) is 0 Å². The molecule has 4 amide bonds. The van der Waals surface area contributed by atoms with Gasteiger partial charge in [0, 0.05) is 0 Å². The Balaban J connectivity index is 2.03. The Hall–Kier alpha value is -2.99. The lowest BCUT2D eigenvalue weighted by molar-refractivity contribution is -0.122. The summed E-state index contributed by atoms with van der Waals surface area (Å²) < 4.78 is 11.6. The molecule has 164 valence electrons. The summed E-state index contributed by atoms with van der Waals surface area (Å²) in [4.78, 5) is 38.7. The molecule has 7 nitrogen and oxygen atoms in total. The van der Waals surface area contributed by atoms with Crippen LogP contribution < -0.4 is 19.7 Å². The number of carbonyl (C=O) groups is 3. The van der Waals surface area contributed by atoms with Crippen LogP contribution in [0.5, 0.6) is 11.5 Å². The Morgan fingerprint density at radius 2 is 1.91 bits per heavy atom. The van der Waals surface area contributed by atoms with Crippen LogP contribution in [-0.2, 0) is 9.59 Å². The topological polar surface area (TPSA) is 84.9 Å². The summed E-state index contributed by atoms with van der Waals surface area (Å²) in [5.74, 6) is 1.47. The van der Waals surface area contributed by atoms with Gasteiger partial charge in [-0.15, -0.1) is 6.42 Å². The van der Waals surface area contributed by atoms with Crippen LogP contribution in [0.1, 0.15) is 12.5 Å². The van der Waals surface area contributed by atoms with Gasteiger partial charge in [-0.1, -0.05) is 29.1 Å². The summed E-state index contributed by atoms with van der Waals surface area (Å²) in [5, 5.41) is 2.56. The van der Waals surface area contributed by atoms with E-state index in [1.165, 1.54) is 24.3 Å². The molecule has 1 fully saturated rings. The third kappa shape index (κ3) is 4.91. The summed E-state index contributed by atoms with van der Waals surface area (Å²) >= 11 is 15.3. The lowest BCUT2D eigenvalue weighted by Crippen LogP contribution is -2.54. The van der Waals surface area contributed by atoms with Crippen molar-refractivity contribution >= 4 is 68.7 Å². The molecule has 2 aromatic carbocycles. The van der Waals surface area contributed by atoms with Crippen molar-refractivity contribution in [3.05, 3.63) is 56.0 Å². The number of imide groups is 2. The van der Waals surface area contributed by atoms with Gasteiger partial charge in [0.25, 0.3) is 11.8 Å². The zero-order valence-corrected chi connectivity index (χ0v) is 19.7. The molecule has 1 aliphatic heterocycles. The number of amides is 4. The van der Waals surface area contributed by atoms with Crippen molar-refractivity contribution in [3.8, 4) is 23.8 Å². The first kappa shape index (κ1) is 23.7. The van der Waals surface area contributed by atoms with Crippen LogP contribution in [0.15, 0.2) is 40.4 Å². The summed E-state index contributed by atoms with van der Waals surface area (Å²) in [6, 6.07) is 6.57. The predicted molar refractivity (Wildman–Crippen MR) is 125 cm³/mol. The van der Waals surface area contributed by atoms with Crippen molar-refractivity contribution in [2.75, 3.05) is 18.1 Å². The van der Waals surface area contributed by atoms with E-state index in [1.54, 1.807) is 19.1 Å². The van der Waals surface area contributed by atoms with E-state index in [0.717, 1.165) is 4.90 Å². The van der Waals surface area contributed by atoms with Gasteiger partial charge in [-0.05, 0) is 64.8 Å². The number of ether oxygens (including phenoxy) is 2. The molecule has 0 radical (unpaired) electrons. The second kappa shape index (κ2) is 10.1. The van der Waals surface area contributed by atoms with E-state index < -0.39 is 17.8 Å². The number of benzene rings is 2. The zero-order chi connectivity index (χ0) is 23.4. The van der Waals surface area contributed by atoms with E-state index >= 15 is 0 Å². The van der Waals surface area contributed by atoms with Crippen LogP contribution in [0.25, 0.3) is 6.08 Å². The quantitative estimate of drug-likeness (QED) is 0.324. The number of hydrogen-bond donors (Lipinski definition) is 1. The van der Waals surface area contributed by atoms with Crippen LogP contribution in [-0.4, -0.2) is 31.1 Å². The Bertz CT molecular complexity index is 1190.